The number of benzene rings is 1. The number of anilines is 1. The first kappa shape index (κ1) is 14.2. The summed E-state index contributed by atoms with van der Waals surface area (Å²) >= 11 is 0. The predicted octanol–water partition coefficient (Wildman–Crippen LogP) is 3.14. The second-order valence-corrected chi connectivity index (χ2v) is 6.77. The van der Waals surface area contributed by atoms with Gasteiger partial charge in [-0.1, -0.05) is 19.9 Å². The molecule has 21 heavy (non-hydrogen) atoms. The van der Waals surface area contributed by atoms with Crippen LogP contribution in [0.25, 0.3) is 0 Å². The minimum atomic E-state index is 0.105. The number of amides is 1. The van der Waals surface area contributed by atoms with Crippen LogP contribution < -0.4 is 10.1 Å². The van der Waals surface area contributed by atoms with Gasteiger partial charge in [0.05, 0.1) is 11.3 Å². The molecule has 4 nitrogen and oxygen atoms in total. The Labute approximate surface area is 126 Å². The fraction of sp³-hybridized carbons (Fsp3) is 0.588. The number of nitrogens with one attached hydrogen (secondary N) is 1. The van der Waals surface area contributed by atoms with Gasteiger partial charge in [-0.25, -0.2) is 0 Å². The number of fused-ring (bicyclic) bond motifs is 1. The van der Waals surface area contributed by atoms with Gasteiger partial charge >= 0.3 is 0 Å². The summed E-state index contributed by atoms with van der Waals surface area (Å²) in [5, 5.41) is 3.29. The van der Waals surface area contributed by atoms with Crippen LogP contribution >= 0.6 is 0 Å². The molecular formula is C17H24N2O2. The third-order valence-corrected chi connectivity index (χ3v) is 4.54. The van der Waals surface area contributed by atoms with Gasteiger partial charge in [0.25, 0.3) is 5.91 Å². The van der Waals surface area contributed by atoms with Crippen LogP contribution in [0.5, 0.6) is 5.75 Å². The molecule has 114 valence electrons. The summed E-state index contributed by atoms with van der Waals surface area (Å²) < 4.78 is 5.73. The zero-order chi connectivity index (χ0) is 14.9. The number of hydrogen-bond donors (Lipinski definition) is 1. The van der Waals surface area contributed by atoms with Gasteiger partial charge in [0.15, 0.2) is 5.75 Å². The number of hydrogen-bond acceptors (Lipinski definition) is 3. The summed E-state index contributed by atoms with van der Waals surface area (Å²) in [6.07, 6.45) is 3.32. The van der Waals surface area contributed by atoms with E-state index in [2.05, 4.69) is 19.2 Å². The highest BCUT2D eigenvalue weighted by atomic mass is 16.5. The zero-order valence-corrected chi connectivity index (χ0v) is 12.9. The molecule has 0 atom stereocenters. The van der Waals surface area contributed by atoms with E-state index >= 15 is 0 Å². The van der Waals surface area contributed by atoms with E-state index in [9.17, 15) is 4.79 Å². The average Bonchev–Trinajstić information content (AvgIpc) is 2.67. The van der Waals surface area contributed by atoms with Crippen molar-refractivity contribution in [2.75, 3.05) is 31.6 Å². The maximum Gasteiger partial charge on any atom is 0.257 e. The monoisotopic (exact) mass is 288 g/mol. The minimum absolute atomic E-state index is 0.105. The molecule has 2 aliphatic rings. The van der Waals surface area contributed by atoms with Crippen LogP contribution in [-0.2, 0) is 0 Å². The van der Waals surface area contributed by atoms with Crippen molar-refractivity contribution in [3.63, 3.8) is 0 Å². The third kappa shape index (κ3) is 2.99. The van der Waals surface area contributed by atoms with Crippen LogP contribution in [0.3, 0.4) is 0 Å². The van der Waals surface area contributed by atoms with Crippen molar-refractivity contribution in [1.82, 2.24) is 4.90 Å². The molecule has 1 fully saturated rings. The number of nitrogens with zero attached hydrogens (tertiary/aromatic N) is 1. The molecule has 1 N–H and O–H groups in total. The Morgan fingerprint density at radius 1 is 1.29 bits per heavy atom. The first-order valence-corrected chi connectivity index (χ1v) is 7.86. The lowest BCUT2D eigenvalue weighted by Gasteiger charge is -2.26. The lowest BCUT2D eigenvalue weighted by molar-refractivity contribution is 0.0753. The standard InChI is InChI=1S/C17H24N2O2/c1-17(2)7-4-10-19(11-8-17)16(20)13-5-3-6-14-15(13)21-12-9-18-14/h3,5-6,18H,4,7-12H2,1-2H3. The molecule has 0 bridgehead atoms. The Morgan fingerprint density at radius 2 is 2.14 bits per heavy atom. The average molecular weight is 288 g/mol. The van der Waals surface area contributed by atoms with Gasteiger partial charge in [0.2, 0.25) is 0 Å². The van der Waals surface area contributed by atoms with E-state index in [1.54, 1.807) is 0 Å². The van der Waals surface area contributed by atoms with Crippen LogP contribution in [0.4, 0.5) is 5.69 Å². The Kier molecular flexibility index (Phi) is 3.79. The van der Waals surface area contributed by atoms with E-state index in [-0.39, 0.29) is 5.91 Å². The van der Waals surface area contributed by atoms with Crippen molar-refractivity contribution in [3.8, 4) is 5.75 Å². The van der Waals surface area contributed by atoms with E-state index < -0.39 is 0 Å². The largest absolute Gasteiger partial charge is 0.489 e. The van der Waals surface area contributed by atoms with E-state index in [0.29, 0.717) is 17.6 Å². The first-order valence-electron chi connectivity index (χ1n) is 7.86. The molecule has 1 amide bonds. The maximum atomic E-state index is 12.9. The van der Waals surface area contributed by atoms with Crippen LogP contribution in [0, 0.1) is 5.41 Å². The van der Waals surface area contributed by atoms with Gasteiger partial charge in [-0.2, -0.15) is 0 Å². The highest BCUT2D eigenvalue weighted by Crippen LogP contribution is 2.34. The molecule has 3 rings (SSSR count). The topological polar surface area (TPSA) is 41.6 Å². The van der Waals surface area contributed by atoms with Gasteiger partial charge in [-0.15, -0.1) is 0 Å². The Hall–Kier alpha value is -1.71. The van der Waals surface area contributed by atoms with Crippen molar-refractivity contribution < 1.29 is 9.53 Å². The molecule has 1 aromatic carbocycles. The molecule has 0 aliphatic carbocycles. The van der Waals surface area contributed by atoms with E-state index in [1.807, 2.05) is 23.1 Å². The number of likely N-dealkylation sites (tertiary alicyclic amines) is 1. The smallest absolute Gasteiger partial charge is 0.257 e. The lowest BCUT2D eigenvalue weighted by atomic mass is 9.85. The Balaban J connectivity index is 1.82. The SMILES string of the molecule is CC1(C)CCCN(C(=O)c2cccc3c2OCCN3)CC1. The van der Waals surface area contributed by atoms with Gasteiger partial charge < -0.3 is 15.0 Å². The normalized spacial score (nSPS) is 20.8. The molecule has 2 heterocycles. The summed E-state index contributed by atoms with van der Waals surface area (Å²) in [5.41, 5.74) is 1.96. The van der Waals surface area contributed by atoms with E-state index in [4.69, 9.17) is 4.74 Å². The molecule has 0 saturated carbocycles. The molecule has 0 aromatic heterocycles. The van der Waals surface area contributed by atoms with Crippen molar-refractivity contribution in [3.05, 3.63) is 23.8 Å². The summed E-state index contributed by atoms with van der Waals surface area (Å²) in [7, 11) is 0. The molecule has 4 heteroatoms. The number of para-hydroxylation sites is 1. The highest BCUT2D eigenvalue weighted by molar-refractivity contribution is 5.99. The van der Waals surface area contributed by atoms with Crippen LogP contribution in [-0.4, -0.2) is 37.0 Å². The third-order valence-electron chi connectivity index (χ3n) is 4.54. The Bertz CT molecular complexity index is 540. The lowest BCUT2D eigenvalue weighted by Crippen LogP contribution is -2.33. The summed E-state index contributed by atoms with van der Waals surface area (Å²) in [4.78, 5) is 14.8. The van der Waals surface area contributed by atoms with Gasteiger partial charge in [0, 0.05) is 19.6 Å². The molecule has 1 saturated heterocycles. The first-order chi connectivity index (χ1) is 10.1. The second-order valence-electron chi connectivity index (χ2n) is 6.77. The number of rotatable bonds is 1. The molecule has 2 aliphatic heterocycles. The molecule has 0 radical (unpaired) electrons. The summed E-state index contributed by atoms with van der Waals surface area (Å²) in [6, 6.07) is 5.77. The number of carbonyl (C=O) groups is 1. The second kappa shape index (κ2) is 5.58. The fourth-order valence-corrected chi connectivity index (χ4v) is 3.14. The van der Waals surface area contributed by atoms with Gasteiger partial charge in [-0.05, 0) is 36.8 Å². The summed E-state index contributed by atoms with van der Waals surface area (Å²) in [5.74, 6) is 0.825. The Morgan fingerprint density at radius 3 is 3.00 bits per heavy atom. The van der Waals surface area contributed by atoms with Gasteiger partial charge in [-0.3, -0.25) is 4.79 Å². The van der Waals surface area contributed by atoms with Gasteiger partial charge in [0.1, 0.15) is 6.61 Å². The van der Waals surface area contributed by atoms with E-state index in [0.717, 1.165) is 43.9 Å². The summed E-state index contributed by atoms with van der Waals surface area (Å²) in [6.45, 7) is 7.67. The minimum Gasteiger partial charge on any atom is -0.489 e. The molecule has 0 unspecified atom stereocenters. The van der Waals surface area contributed by atoms with Crippen LogP contribution in [0.1, 0.15) is 43.5 Å². The number of ether oxygens (including phenoxy) is 1. The molecule has 1 aromatic rings. The van der Waals surface area contributed by atoms with E-state index in [1.165, 1.54) is 6.42 Å². The van der Waals surface area contributed by atoms with Crippen molar-refractivity contribution in [2.45, 2.75) is 33.1 Å². The van der Waals surface area contributed by atoms with Crippen molar-refractivity contribution in [2.24, 2.45) is 5.41 Å². The fourth-order valence-electron chi connectivity index (χ4n) is 3.14. The van der Waals surface area contributed by atoms with Crippen molar-refractivity contribution in [1.29, 1.82) is 0 Å². The van der Waals surface area contributed by atoms with Crippen LogP contribution in [0.15, 0.2) is 18.2 Å². The molecular weight excluding hydrogens is 264 g/mol. The maximum absolute atomic E-state index is 12.9. The zero-order valence-electron chi connectivity index (χ0n) is 12.9. The predicted molar refractivity (Wildman–Crippen MR) is 84.0 cm³/mol. The molecule has 0 spiro atoms. The van der Waals surface area contributed by atoms with Crippen LogP contribution in [0.2, 0.25) is 0 Å². The quantitative estimate of drug-likeness (QED) is 0.863. The number of carbonyl (C=O) groups excluding carboxylic acids is 1. The van der Waals surface area contributed by atoms with Crippen molar-refractivity contribution >= 4 is 11.6 Å². The highest BCUT2D eigenvalue weighted by Gasteiger charge is 2.28.